The molecule has 2 aromatic heterocycles. The molecule has 0 bridgehead atoms. The summed E-state index contributed by atoms with van der Waals surface area (Å²) in [4.78, 5) is 20.2. The second kappa shape index (κ2) is 7.68. The van der Waals surface area contributed by atoms with E-state index in [1.165, 1.54) is 11.3 Å². The van der Waals surface area contributed by atoms with E-state index in [2.05, 4.69) is 20.6 Å². The molecule has 0 saturated heterocycles. The number of carbonyl (C=O) groups is 1. The highest BCUT2D eigenvalue weighted by Gasteiger charge is 2.08. The number of thiazole rings is 1. The normalized spacial score (nSPS) is 10.4. The molecule has 0 aliphatic heterocycles. The maximum atomic E-state index is 11.7. The van der Waals surface area contributed by atoms with Crippen molar-refractivity contribution in [1.82, 2.24) is 15.3 Å². The molecular weight excluding hydrogens is 276 g/mol. The molecule has 2 N–H and O–H groups in total. The van der Waals surface area contributed by atoms with Crippen LogP contribution in [0.15, 0.2) is 29.8 Å². The lowest BCUT2D eigenvalue weighted by Crippen LogP contribution is -2.30. The van der Waals surface area contributed by atoms with Crippen LogP contribution in [0.3, 0.4) is 0 Å². The van der Waals surface area contributed by atoms with Crippen molar-refractivity contribution in [2.45, 2.75) is 0 Å². The van der Waals surface area contributed by atoms with Crippen LogP contribution in [0.2, 0.25) is 0 Å². The smallest absolute Gasteiger partial charge is 0.240 e. The van der Waals surface area contributed by atoms with Crippen LogP contribution in [0.25, 0.3) is 11.4 Å². The molecule has 0 unspecified atom stereocenters. The van der Waals surface area contributed by atoms with Gasteiger partial charge in [-0.2, -0.15) is 0 Å². The standard InChI is InChI=1S/C13H16N4O2S/c1-19-7-6-14-8-12(18)17-13-16-11(9-20-13)10-4-2-3-5-15-10/h2-5,9,14H,6-8H2,1H3,(H,16,17,18). The van der Waals surface area contributed by atoms with Crippen molar-refractivity contribution in [3.8, 4) is 11.4 Å². The van der Waals surface area contributed by atoms with Gasteiger partial charge in [-0.15, -0.1) is 11.3 Å². The zero-order chi connectivity index (χ0) is 14.2. The summed E-state index contributed by atoms with van der Waals surface area (Å²) in [6.07, 6.45) is 1.71. The number of amides is 1. The van der Waals surface area contributed by atoms with Gasteiger partial charge >= 0.3 is 0 Å². The zero-order valence-electron chi connectivity index (χ0n) is 11.1. The van der Waals surface area contributed by atoms with Crippen molar-refractivity contribution in [2.24, 2.45) is 0 Å². The third kappa shape index (κ3) is 4.37. The van der Waals surface area contributed by atoms with Crippen molar-refractivity contribution in [2.75, 3.05) is 32.1 Å². The van der Waals surface area contributed by atoms with Gasteiger partial charge in [-0.25, -0.2) is 4.98 Å². The highest BCUT2D eigenvalue weighted by molar-refractivity contribution is 7.14. The van der Waals surface area contributed by atoms with Crippen LogP contribution >= 0.6 is 11.3 Å². The molecule has 7 heteroatoms. The summed E-state index contributed by atoms with van der Waals surface area (Å²) < 4.78 is 4.88. The molecule has 106 valence electrons. The van der Waals surface area contributed by atoms with Crippen LogP contribution in [-0.2, 0) is 9.53 Å². The molecule has 1 amide bonds. The predicted octanol–water partition coefficient (Wildman–Crippen LogP) is 1.38. The number of pyridine rings is 1. The lowest BCUT2D eigenvalue weighted by molar-refractivity contribution is -0.115. The lowest BCUT2D eigenvalue weighted by atomic mass is 10.3. The predicted molar refractivity (Wildman–Crippen MR) is 78.7 cm³/mol. The molecule has 0 aliphatic rings. The van der Waals surface area contributed by atoms with Crippen LogP contribution < -0.4 is 10.6 Å². The second-order valence-electron chi connectivity index (χ2n) is 3.97. The lowest BCUT2D eigenvalue weighted by Gasteiger charge is -2.03. The molecule has 2 rings (SSSR count). The first-order valence-corrected chi connectivity index (χ1v) is 7.04. The van der Waals surface area contributed by atoms with Crippen molar-refractivity contribution < 1.29 is 9.53 Å². The minimum absolute atomic E-state index is 0.122. The Labute approximate surface area is 121 Å². The van der Waals surface area contributed by atoms with Gasteiger partial charge in [0.25, 0.3) is 0 Å². The minimum Gasteiger partial charge on any atom is -0.383 e. The Morgan fingerprint density at radius 1 is 1.40 bits per heavy atom. The van der Waals surface area contributed by atoms with Gasteiger partial charge in [0.2, 0.25) is 5.91 Å². The molecular formula is C13H16N4O2S. The Hall–Kier alpha value is -1.83. The van der Waals surface area contributed by atoms with E-state index >= 15 is 0 Å². The summed E-state index contributed by atoms with van der Waals surface area (Å²) in [6, 6.07) is 5.64. The summed E-state index contributed by atoms with van der Waals surface area (Å²) >= 11 is 1.38. The van der Waals surface area contributed by atoms with E-state index in [-0.39, 0.29) is 12.5 Å². The largest absolute Gasteiger partial charge is 0.383 e. The number of rotatable bonds is 7. The summed E-state index contributed by atoms with van der Waals surface area (Å²) in [6.45, 7) is 1.46. The fourth-order valence-corrected chi connectivity index (χ4v) is 2.22. The number of ether oxygens (including phenoxy) is 1. The van der Waals surface area contributed by atoms with Crippen molar-refractivity contribution in [3.63, 3.8) is 0 Å². The summed E-state index contributed by atoms with van der Waals surface area (Å²) in [5, 5.41) is 8.16. The number of hydrogen-bond acceptors (Lipinski definition) is 6. The van der Waals surface area contributed by atoms with Gasteiger partial charge in [0.1, 0.15) is 5.69 Å². The average molecular weight is 292 g/mol. The summed E-state index contributed by atoms with van der Waals surface area (Å²) in [5.41, 5.74) is 1.56. The monoisotopic (exact) mass is 292 g/mol. The number of aromatic nitrogens is 2. The number of anilines is 1. The van der Waals surface area contributed by atoms with Gasteiger partial charge in [0.05, 0.1) is 18.8 Å². The van der Waals surface area contributed by atoms with Gasteiger partial charge in [-0.05, 0) is 12.1 Å². The molecule has 2 aromatic rings. The Balaban J connectivity index is 1.85. The van der Waals surface area contributed by atoms with E-state index < -0.39 is 0 Å². The van der Waals surface area contributed by atoms with Crippen LogP contribution in [0.5, 0.6) is 0 Å². The van der Waals surface area contributed by atoms with Gasteiger partial charge in [0, 0.05) is 25.2 Å². The molecule has 0 fully saturated rings. The van der Waals surface area contributed by atoms with E-state index in [1.54, 1.807) is 13.3 Å². The van der Waals surface area contributed by atoms with Crippen molar-refractivity contribution in [1.29, 1.82) is 0 Å². The zero-order valence-corrected chi connectivity index (χ0v) is 11.9. The average Bonchev–Trinajstić information content (AvgIpc) is 2.93. The molecule has 0 saturated carbocycles. The van der Waals surface area contributed by atoms with E-state index in [0.29, 0.717) is 18.3 Å². The van der Waals surface area contributed by atoms with Gasteiger partial charge in [-0.3, -0.25) is 9.78 Å². The van der Waals surface area contributed by atoms with Gasteiger partial charge in [0.15, 0.2) is 5.13 Å². The molecule has 0 radical (unpaired) electrons. The first-order chi connectivity index (χ1) is 9.79. The molecule has 0 aliphatic carbocycles. The highest BCUT2D eigenvalue weighted by atomic mass is 32.1. The molecule has 0 aromatic carbocycles. The second-order valence-corrected chi connectivity index (χ2v) is 4.83. The van der Waals surface area contributed by atoms with Crippen LogP contribution in [0.4, 0.5) is 5.13 Å². The SMILES string of the molecule is COCCNCC(=O)Nc1nc(-c2ccccn2)cs1. The van der Waals surface area contributed by atoms with Crippen LogP contribution in [-0.4, -0.2) is 42.7 Å². The number of hydrogen-bond donors (Lipinski definition) is 2. The van der Waals surface area contributed by atoms with E-state index in [9.17, 15) is 4.79 Å². The van der Waals surface area contributed by atoms with Crippen LogP contribution in [0, 0.1) is 0 Å². The van der Waals surface area contributed by atoms with Gasteiger partial charge in [-0.1, -0.05) is 6.07 Å². The third-order valence-electron chi connectivity index (χ3n) is 2.45. The molecule has 6 nitrogen and oxygen atoms in total. The maximum Gasteiger partial charge on any atom is 0.240 e. The van der Waals surface area contributed by atoms with Crippen molar-refractivity contribution >= 4 is 22.4 Å². The Morgan fingerprint density at radius 3 is 3.05 bits per heavy atom. The Morgan fingerprint density at radius 2 is 2.30 bits per heavy atom. The number of nitrogens with zero attached hydrogens (tertiary/aromatic N) is 2. The molecule has 2 heterocycles. The minimum atomic E-state index is -0.122. The molecule has 20 heavy (non-hydrogen) atoms. The first kappa shape index (κ1) is 14.6. The van der Waals surface area contributed by atoms with Crippen LogP contribution in [0.1, 0.15) is 0 Å². The van der Waals surface area contributed by atoms with E-state index in [1.807, 2.05) is 23.6 Å². The number of carbonyl (C=O) groups excluding carboxylic acids is 1. The number of methoxy groups -OCH3 is 1. The summed E-state index contributed by atoms with van der Waals surface area (Å²) in [5.74, 6) is -0.122. The Bertz CT molecular complexity index is 544. The Kier molecular flexibility index (Phi) is 5.60. The highest BCUT2D eigenvalue weighted by Crippen LogP contribution is 2.22. The van der Waals surface area contributed by atoms with Crippen molar-refractivity contribution in [3.05, 3.63) is 29.8 Å². The fraction of sp³-hybridized carbons (Fsp3) is 0.308. The third-order valence-corrected chi connectivity index (χ3v) is 3.20. The van der Waals surface area contributed by atoms with E-state index in [4.69, 9.17) is 4.74 Å². The summed E-state index contributed by atoms with van der Waals surface area (Å²) in [7, 11) is 1.62. The fourth-order valence-electron chi connectivity index (χ4n) is 1.50. The van der Waals surface area contributed by atoms with Gasteiger partial charge < -0.3 is 15.4 Å². The topological polar surface area (TPSA) is 76.1 Å². The quantitative estimate of drug-likeness (QED) is 0.754. The number of nitrogens with one attached hydrogen (secondary N) is 2. The molecule has 0 spiro atoms. The maximum absolute atomic E-state index is 11.7. The first-order valence-electron chi connectivity index (χ1n) is 6.16. The molecule has 0 atom stereocenters. The van der Waals surface area contributed by atoms with E-state index in [0.717, 1.165) is 11.4 Å².